The number of thiol groups is 1. The first-order chi connectivity index (χ1) is 14.8. The summed E-state index contributed by atoms with van der Waals surface area (Å²) in [5.41, 5.74) is 1.51. The van der Waals surface area contributed by atoms with Crippen LogP contribution < -0.4 is 10.6 Å². The van der Waals surface area contributed by atoms with Crippen LogP contribution >= 0.6 is 12.6 Å². The molecule has 1 saturated heterocycles. The van der Waals surface area contributed by atoms with Crippen LogP contribution in [-0.2, 0) is 23.9 Å². The van der Waals surface area contributed by atoms with E-state index in [0.29, 0.717) is 11.3 Å². The van der Waals surface area contributed by atoms with Crippen molar-refractivity contribution in [1.29, 1.82) is 0 Å². The number of rotatable bonds is 10. The zero-order chi connectivity index (χ0) is 23.0. The molecule has 0 aromatic heterocycles. The molecule has 0 saturated carbocycles. The van der Waals surface area contributed by atoms with Gasteiger partial charge in [-0.05, 0) is 43.0 Å². The van der Waals surface area contributed by atoms with Crippen molar-refractivity contribution in [3.8, 4) is 0 Å². The lowest BCUT2D eigenvalue weighted by atomic mass is 9.90. The van der Waals surface area contributed by atoms with E-state index in [0.717, 1.165) is 5.56 Å². The van der Waals surface area contributed by atoms with Crippen LogP contribution in [0, 0.1) is 18.8 Å². The van der Waals surface area contributed by atoms with E-state index >= 15 is 0 Å². The zero-order valence-corrected chi connectivity index (χ0v) is 18.2. The first-order valence-corrected chi connectivity index (χ1v) is 10.2. The zero-order valence-electron chi connectivity index (χ0n) is 17.3. The molecule has 1 aromatic carbocycles. The Labute approximate surface area is 186 Å². The predicted octanol–water partition coefficient (Wildman–Crippen LogP) is 2.06. The molecular weight excluding hydrogens is 420 g/mol. The number of carbonyl (C=O) groups excluding carboxylic acids is 4. The summed E-state index contributed by atoms with van der Waals surface area (Å²) in [5.74, 6) is -3.05. The highest BCUT2D eigenvalue weighted by molar-refractivity contribution is 7.96. The van der Waals surface area contributed by atoms with Crippen LogP contribution in [0.2, 0.25) is 0 Å². The van der Waals surface area contributed by atoms with Crippen molar-refractivity contribution < 1.29 is 28.7 Å². The number of anilines is 1. The summed E-state index contributed by atoms with van der Waals surface area (Å²) in [6.07, 6.45) is 3.13. The summed E-state index contributed by atoms with van der Waals surface area (Å²) in [6.45, 7) is 9.12. The van der Waals surface area contributed by atoms with Crippen LogP contribution in [0.1, 0.15) is 22.3 Å². The normalized spacial score (nSPS) is 18.5. The van der Waals surface area contributed by atoms with Gasteiger partial charge in [0, 0.05) is 12.2 Å². The monoisotopic (exact) mass is 446 g/mol. The molecule has 0 radical (unpaired) electrons. The minimum Gasteiger partial charge on any atom is -0.461 e. The Kier molecular flexibility index (Phi) is 9.02. The number of benzene rings is 1. The second-order valence-corrected chi connectivity index (χ2v) is 7.60. The molecule has 0 spiro atoms. The summed E-state index contributed by atoms with van der Waals surface area (Å²) >= 11 is 3.81. The van der Waals surface area contributed by atoms with Crippen LogP contribution in [0.3, 0.4) is 0 Å². The standard InChI is InChI=1S/C22H26N2O6S/c1-4-6-29-20(26)14-8-13(3)9-16(10-14)24-19(25)17-11-15(12-23-17)18(22(28)31)21(27)30-7-5-2/h4-5,8-10,15,17-18,23H,1-2,6-7,11-12H2,3H3,(H,24,25)(H,28,31)/t15-,17?,18+/m1/s1. The maximum Gasteiger partial charge on any atom is 0.338 e. The third-order valence-corrected chi connectivity index (χ3v) is 5.01. The Morgan fingerprint density at radius 2 is 1.87 bits per heavy atom. The van der Waals surface area contributed by atoms with E-state index in [1.54, 1.807) is 19.1 Å². The van der Waals surface area contributed by atoms with Crippen LogP contribution in [0.5, 0.6) is 0 Å². The number of amides is 1. The molecular formula is C22H26N2O6S. The minimum atomic E-state index is -1.07. The molecule has 2 rings (SSSR count). The smallest absolute Gasteiger partial charge is 0.338 e. The summed E-state index contributed by atoms with van der Waals surface area (Å²) in [7, 11) is 0. The van der Waals surface area contributed by atoms with Crippen LogP contribution in [0.15, 0.2) is 43.5 Å². The Balaban J connectivity index is 2.05. The Bertz CT molecular complexity index is 885. The molecule has 1 aliphatic heterocycles. The third kappa shape index (κ3) is 6.80. The molecule has 8 nitrogen and oxygen atoms in total. The number of hydrogen-bond acceptors (Lipinski definition) is 7. The van der Waals surface area contributed by atoms with Gasteiger partial charge in [0.05, 0.1) is 11.6 Å². The molecule has 1 amide bonds. The Morgan fingerprint density at radius 1 is 1.19 bits per heavy atom. The molecule has 1 aromatic rings. The largest absolute Gasteiger partial charge is 0.461 e. The van der Waals surface area contributed by atoms with Gasteiger partial charge in [0.1, 0.15) is 19.1 Å². The summed E-state index contributed by atoms with van der Waals surface area (Å²) < 4.78 is 10.0. The Morgan fingerprint density at radius 3 is 2.52 bits per heavy atom. The fourth-order valence-electron chi connectivity index (χ4n) is 3.36. The van der Waals surface area contributed by atoms with Gasteiger partial charge < -0.3 is 20.1 Å². The van der Waals surface area contributed by atoms with Crippen molar-refractivity contribution in [2.45, 2.75) is 19.4 Å². The van der Waals surface area contributed by atoms with Crippen LogP contribution in [0.4, 0.5) is 5.69 Å². The number of nitrogens with one attached hydrogen (secondary N) is 2. The van der Waals surface area contributed by atoms with Gasteiger partial charge >= 0.3 is 11.9 Å². The van der Waals surface area contributed by atoms with Gasteiger partial charge in [-0.2, -0.15) is 0 Å². The molecule has 9 heteroatoms. The van der Waals surface area contributed by atoms with Gasteiger partial charge in [-0.3, -0.25) is 14.4 Å². The average Bonchev–Trinajstić information content (AvgIpc) is 3.19. The molecule has 0 bridgehead atoms. The fourth-order valence-corrected chi connectivity index (χ4v) is 3.68. The van der Waals surface area contributed by atoms with E-state index < -0.39 is 34.9 Å². The van der Waals surface area contributed by atoms with Crippen LogP contribution in [0.25, 0.3) is 0 Å². The van der Waals surface area contributed by atoms with Gasteiger partial charge in [0.25, 0.3) is 0 Å². The van der Waals surface area contributed by atoms with E-state index in [1.165, 1.54) is 18.2 Å². The van der Waals surface area contributed by atoms with E-state index in [9.17, 15) is 19.2 Å². The fraction of sp³-hybridized carbons (Fsp3) is 0.364. The van der Waals surface area contributed by atoms with Crippen molar-refractivity contribution in [2.24, 2.45) is 11.8 Å². The number of ether oxygens (including phenoxy) is 2. The van der Waals surface area contributed by atoms with E-state index in [4.69, 9.17) is 9.47 Å². The Hall–Kier alpha value is -2.91. The number of hydrogen-bond donors (Lipinski definition) is 3. The predicted molar refractivity (Wildman–Crippen MR) is 119 cm³/mol. The average molecular weight is 447 g/mol. The van der Waals surface area contributed by atoms with E-state index in [2.05, 4.69) is 36.4 Å². The third-order valence-electron chi connectivity index (χ3n) is 4.73. The molecule has 31 heavy (non-hydrogen) atoms. The minimum absolute atomic E-state index is 0.00855. The highest BCUT2D eigenvalue weighted by Crippen LogP contribution is 2.27. The topological polar surface area (TPSA) is 111 Å². The van der Waals surface area contributed by atoms with Crippen molar-refractivity contribution in [2.75, 3.05) is 25.1 Å². The summed E-state index contributed by atoms with van der Waals surface area (Å²) in [6, 6.07) is 4.28. The maximum absolute atomic E-state index is 12.7. The van der Waals surface area contributed by atoms with Crippen molar-refractivity contribution >= 4 is 41.3 Å². The molecule has 1 fully saturated rings. The summed E-state index contributed by atoms with van der Waals surface area (Å²) in [4.78, 5) is 48.9. The van der Waals surface area contributed by atoms with E-state index in [1.807, 2.05) is 0 Å². The highest BCUT2D eigenvalue weighted by atomic mass is 32.1. The first kappa shape index (κ1) is 24.4. The molecule has 0 aliphatic carbocycles. The maximum atomic E-state index is 12.7. The highest BCUT2D eigenvalue weighted by Gasteiger charge is 2.41. The molecule has 2 N–H and O–H groups in total. The van der Waals surface area contributed by atoms with Gasteiger partial charge in [0.15, 0.2) is 5.12 Å². The molecule has 1 aliphatic rings. The lowest BCUT2D eigenvalue weighted by Crippen LogP contribution is -2.35. The molecule has 1 heterocycles. The second-order valence-electron chi connectivity index (χ2n) is 7.16. The van der Waals surface area contributed by atoms with Gasteiger partial charge in [-0.1, -0.05) is 25.3 Å². The summed E-state index contributed by atoms with van der Waals surface area (Å²) in [5, 5.41) is 5.18. The quantitative estimate of drug-likeness (QED) is 0.218. The first-order valence-electron chi connectivity index (χ1n) is 9.71. The number of aryl methyl sites for hydroxylation is 1. The lowest BCUT2D eigenvalue weighted by Gasteiger charge is -2.18. The molecule has 3 atom stereocenters. The van der Waals surface area contributed by atoms with Crippen molar-refractivity contribution in [1.82, 2.24) is 5.32 Å². The number of carbonyl (C=O) groups is 4. The van der Waals surface area contributed by atoms with Crippen molar-refractivity contribution in [3.05, 3.63) is 54.6 Å². The van der Waals surface area contributed by atoms with Gasteiger partial charge in [-0.25, -0.2) is 4.79 Å². The van der Waals surface area contributed by atoms with Crippen LogP contribution in [-0.4, -0.2) is 48.8 Å². The van der Waals surface area contributed by atoms with Gasteiger partial charge in [0.2, 0.25) is 5.91 Å². The lowest BCUT2D eigenvalue weighted by molar-refractivity contribution is -0.151. The van der Waals surface area contributed by atoms with Gasteiger partial charge in [-0.15, -0.1) is 12.6 Å². The number of esters is 2. The van der Waals surface area contributed by atoms with Crippen molar-refractivity contribution in [3.63, 3.8) is 0 Å². The molecule has 1 unspecified atom stereocenters. The molecule has 166 valence electrons. The van der Waals surface area contributed by atoms with E-state index in [-0.39, 0.29) is 32.1 Å². The SMILES string of the molecule is C=CCOC(=O)c1cc(C)cc(NC(=O)C2C[C@@H]([C@H](C(=O)S)C(=O)OCC=C)CN2)c1. The second kappa shape index (κ2) is 11.5.